The lowest BCUT2D eigenvalue weighted by atomic mass is 10.2. The van der Waals surface area contributed by atoms with Gasteiger partial charge in [0.05, 0.1) is 11.5 Å². The van der Waals surface area contributed by atoms with Gasteiger partial charge in [0, 0.05) is 16.3 Å². The Balaban J connectivity index is 2.24. The van der Waals surface area contributed by atoms with Gasteiger partial charge in [-0.05, 0) is 43.2 Å². The highest BCUT2D eigenvalue weighted by Gasteiger charge is 2.19. The van der Waals surface area contributed by atoms with Crippen molar-refractivity contribution in [2.45, 2.75) is 31.9 Å². The van der Waals surface area contributed by atoms with Gasteiger partial charge < -0.3 is 5.11 Å². The first-order valence-corrected chi connectivity index (χ1v) is 8.58. The Labute approximate surface area is 127 Å². The molecule has 0 saturated carbocycles. The molecule has 1 aromatic carbocycles. The summed E-state index contributed by atoms with van der Waals surface area (Å²) >= 11 is 1.51. The van der Waals surface area contributed by atoms with Gasteiger partial charge in [0.2, 0.25) is 10.0 Å². The Kier molecular flexibility index (Phi) is 4.77. The van der Waals surface area contributed by atoms with E-state index in [4.69, 9.17) is 0 Å². The highest BCUT2D eigenvalue weighted by Crippen LogP contribution is 2.22. The van der Waals surface area contributed by atoms with Crippen molar-refractivity contribution in [1.82, 2.24) is 4.72 Å². The number of halogens is 1. The predicted octanol–water partition coefficient (Wildman–Crippen LogP) is 2.47. The molecule has 0 atom stereocenters. The fraction of sp³-hybridized carbons (Fsp3) is 0.286. The van der Waals surface area contributed by atoms with Crippen LogP contribution < -0.4 is 4.72 Å². The molecule has 0 saturated heterocycles. The van der Waals surface area contributed by atoms with Crippen molar-refractivity contribution in [3.8, 4) is 0 Å². The van der Waals surface area contributed by atoms with Gasteiger partial charge in [-0.15, -0.1) is 11.3 Å². The number of aryl methyl sites for hydroxylation is 2. The Morgan fingerprint density at radius 2 is 2.00 bits per heavy atom. The lowest BCUT2D eigenvalue weighted by Crippen LogP contribution is -2.24. The van der Waals surface area contributed by atoms with Gasteiger partial charge in [-0.25, -0.2) is 17.5 Å². The molecule has 0 bridgehead atoms. The molecule has 0 radical (unpaired) electrons. The van der Waals surface area contributed by atoms with Gasteiger partial charge in [0.15, 0.2) is 0 Å². The highest BCUT2D eigenvalue weighted by atomic mass is 32.2. The Hall–Kier alpha value is -1.28. The molecule has 0 unspecified atom stereocenters. The molecule has 2 aromatic rings. The van der Waals surface area contributed by atoms with Crippen LogP contribution in [0.15, 0.2) is 29.2 Å². The first-order chi connectivity index (χ1) is 9.83. The molecule has 0 aliphatic carbocycles. The van der Waals surface area contributed by atoms with Crippen molar-refractivity contribution < 1.29 is 17.9 Å². The summed E-state index contributed by atoms with van der Waals surface area (Å²) in [7, 11) is -3.87. The van der Waals surface area contributed by atoms with Crippen LogP contribution in [0.25, 0.3) is 0 Å². The van der Waals surface area contributed by atoms with E-state index in [2.05, 4.69) is 4.72 Å². The smallest absolute Gasteiger partial charge is 0.241 e. The van der Waals surface area contributed by atoms with Crippen LogP contribution in [0.3, 0.4) is 0 Å². The van der Waals surface area contributed by atoms with Crippen LogP contribution in [-0.4, -0.2) is 13.5 Å². The molecule has 21 heavy (non-hydrogen) atoms. The maximum atomic E-state index is 13.3. The second-order valence-corrected chi connectivity index (χ2v) is 7.76. The fourth-order valence-electron chi connectivity index (χ4n) is 1.89. The van der Waals surface area contributed by atoms with Crippen molar-refractivity contribution in [2.75, 3.05) is 0 Å². The Morgan fingerprint density at radius 1 is 1.29 bits per heavy atom. The van der Waals surface area contributed by atoms with Crippen LogP contribution in [-0.2, 0) is 23.2 Å². The number of thiophene rings is 1. The molecular weight excluding hydrogens is 313 g/mol. The minimum atomic E-state index is -3.87. The molecule has 0 amide bonds. The molecule has 7 heteroatoms. The van der Waals surface area contributed by atoms with E-state index in [1.807, 2.05) is 19.9 Å². The number of sulfonamides is 1. The fourth-order valence-corrected chi connectivity index (χ4v) is 4.22. The first kappa shape index (κ1) is 16.1. The number of aliphatic hydroxyl groups excluding tert-OH is 1. The third-order valence-corrected chi connectivity index (χ3v) is 5.78. The van der Waals surface area contributed by atoms with Gasteiger partial charge in [-0.2, -0.15) is 0 Å². The second kappa shape index (κ2) is 6.23. The lowest BCUT2D eigenvalue weighted by molar-refractivity contribution is 0.278. The number of rotatable bonds is 5. The monoisotopic (exact) mass is 329 g/mol. The molecule has 2 N–H and O–H groups in total. The van der Waals surface area contributed by atoms with Crippen LogP contribution in [0.5, 0.6) is 0 Å². The zero-order valence-electron chi connectivity index (χ0n) is 11.7. The summed E-state index contributed by atoms with van der Waals surface area (Å²) in [5.41, 5.74) is 1.28. The summed E-state index contributed by atoms with van der Waals surface area (Å²) in [5, 5.41) is 9.19. The largest absolute Gasteiger partial charge is 0.392 e. The van der Waals surface area contributed by atoms with E-state index < -0.39 is 22.4 Å². The van der Waals surface area contributed by atoms with Crippen molar-refractivity contribution >= 4 is 21.4 Å². The molecule has 1 aromatic heterocycles. The molecule has 114 valence electrons. The average Bonchev–Trinajstić information content (AvgIpc) is 2.76. The summed E-state index contributed by atoms with van der Waals surface area (Å²) in [6.07, 6.45) is 0. The lowest BCUT2D eigenvalue weighted by Gasteiger charge is -2.09. The molecule has 4 nitrogen and oxygen atoms in total. The molecule has 0 fully saturated rings. The van der Waals surface area contributed by atoms with Gasteiger partial charge in [0.25, 0.3) is 0 Å². The van der Waals surface area contributed by atoms with Crippen LogP contribution in [0.1, 0.15) is 20.9 Å². The minimum Gasteiger partial charge on any atom is -0.392 e. The van der Waals surface area contributed by atoms with Gasteiger partial charge in [-0.1, -0.05) is 6.07 Å². The van der Waals surface area contributed by atoms with Crippen LogP contribution in [0.4, 0.5) is 4.39 Å². The van der Waals surface area contributed by atoms with E-state index >= 15 is 0 Å². The molecule has 0 aliphatic rings. The van der Waals surface area contributed by atoms with E-state index in [1.54, 1.807) is 0 Å². The summed E-state index contributed by atoms with van der Waals surface area (Å²) < 4.78 is 40.2. The Morgan fingerprint density at radius 3 is 2.57 bits per heavy atom. The summed E-state index contributed by atoms with van der Waals surface area (Å²) in [6.45, 7) is 3.60. The third-order valence-electron chi connectivity index (χ3n) is 3.14. The topological polar surface area (TPSA) is 66.4 Å². The number of aliphatic hydroxyl groups is 1. The minimum absolute atomic E-state index is 0.142. The van der Waals surface area contributed by atoms with Crippen molar-refractivity contribution in [2.24, 2.45) is 0 Å². The van der Waals surface area contributed by atoms with Gasteiger partial charge in [-0.3, -0.25) is 0 Å². The second-order valence-electron chi connectivity index (χ2n) is 4.69. The SMILES string of the molecule is Cc1cc(CNS(=O)(=O)c2cc(F)ccc2CO)sc1C. The molecule has 0 spiro atoms. The predicted molar refractivity (Wildman–Crippen MR) is 80.1 cm³/mol. The first-order valence-electron chi connectivity index (χ1n) is 6.28. The quantitative estimate of drug-likeness (QED) is 0.885. The third kappa shape index (κ3) is 3.68. The Bertz CT molecular complexity index is 734. The maximum absolute atomic E-state index is 13.3. The van der Waals surface area contributed by atoms with Crippen LogP contribution in [0, 0.1) is 19.7 Å². The summed E-state index contributed by atoms with van der Waals surface area (Å²) in [4.78, 5) is 1.79. The standard InChI is InChI=1S/C14H16FNO3S2/c1-9-5-13(20-10(9)2)7-16-21(18,19)14-6-12(15)4-3-11(14)8-17/h3-6,16-17H,7-8H2,1-2H3. The number of nitrogens with one attached hydrogen (secondary N) is 1. The molecule has 1 heterocycles. The zero-order chi connectivity index (χ0) is 15.6. The molecule has 2 rings (SSSR count). The van der Waals surface area contributed by atoms with Crippen LogP contribution in [0.2, 0.25) is 0 Å². The molecular formula is C14H16FNO3S2. The maximum Gasteiger partial charge on any atom is 0.241 e. The number of benzene rings is 1. The zero-order valence-corrected chi connectivity index (χ0v) is 13.3. The number of hydrogen-bond acceptors (Lipinski definition) is 4. The van der Waals surface area contributed by atoms with E-state index in [9.17, 15) is 17.9 Å². The van der Waals surface area contributed by atoms with Gasteiger partial charge >= 0.3 is 0 Å². The summed E-state index contributed by atoms with van der Waals surface area (Å²) in [5.74, 6) is -0.657. The summed E-state index contributed by atoms with van der Waals surface area (Å²) in [6, 6.07) is 5.22. The van der Waals surface area contributed by atoms with E-state index in [0.717, 1.165) is 27.5 Å². The molecule has 0 aliphatic heterocycles. The van der Waals surface area contributed by atoms with Crippen molar-refractivity contribution in [1.29, 1.82) is 0 Å². The average molecular weight is 329 g/mol. The normalized spacial score (nSPS) is 11.8. The van der Waals surface area contributed by atoms with Crippen molar-refractivity contribution in [3.63, 3.8) is 0 Å². The highest BCUT2D eigenvalue weighted by molar-refractivity contribution is 7.89. The van der Waals surface area contributed by atoms with E-state index in [0.29, 0.717) is 0 Å². The van der Waals surface area contributed by atoms with Crippen LogP contribution >= 0.6 is 11.3 Å². The van der Waals surface area contributed by atoms with E-state index in [-0.39, 0.29) is 17.0 Å². The van der Waals surface area contributed by atoms with Crippen molar-refractivity contribution in [3.05, 3.63) is 51.0 Å². The van der Waals surface area contributed by atoms with E-state index in [1.165, 1.54) is 17.4 Å². The number of hydrogen-bond donors (Lipinski definition) is 2. The van der Waals surface area contributed by atoms with Gasteiger partial charge in [0.1, 0.15) is 5.82 Å².